The number of aliphatic hydroxyl groups excluding tert-OH is 1. The van der Waals surface area contributed by atoms with Crippen molar-refractivity contribution in [3.05, 3.63) is 0 Å². The molecule has 0 unspecified atom stereocenters. The molecule has 0 aliphatic heterocycles. The zero-order chi connectivity index (χ0) is 12.6. The molecule has 6 nitrogen and oxygen atoms in total. The fraction of sp³-hybridized carbons (Fsp3) is 0.818. The number of oxime groups is 1. The molecule has 0 radical (unpaired) electrons. The molecule has 0 spiro atoms. The van der Waals surface area contributed by atoms with Gasteiger partial charge in [0.05, 0.1) is 6.10 Å². The molecule has 0 aromatic heterocycles. The Kier molecular flexibility index (Phi) is 2.99. The average molecular weight is 241 g/mol. The lowest BCUT2D eigenvalue weighted by Crippen LogP contribution is -2.45. The molecule has 0 saturated heterocycles. The summed E-state index contributed by atoms with van der Waals surface area (Å²) in [5.74, 6) is 0.319. The van der Waals surface area contributed by atoms with Crippen molar-refractivity contribution < 1.29 is 15.1 Å². The van der Waals surface area contributed by atoms with E-state index in [1.54, 1.807) is 11.9 Å². The molecule has 2 rings (SSSR count). The quantitative estimate of drug-likeness (QED) is 0.273. The molecule has 0 heterocycles. The average Bonchev–Trinajstić information content (AvgIpc) is 3.06. The first-order valence-corrected chi connectivity index (χ1v) is 5.91. The van der Waals surface area contributed by atoms with Crippen LogP contribution in [0, 0.1) is 11.3 Å². The van der Waals surface area contributed by atoms with Gasteiger partial charge in [-0.2, -0.15) is 0 Å². The number of carbonyl (C=O) groups is 1. The number of nitrogens with zero attached hydrogens (tertiary/aromatic N) is 2. The van der Waals surface area contributed by atoms with Gasteiger partial charge in [0.2, 0.25) is 5.91 Å². The summed E-state index contributed by atoms with van der Waals surface area (Å²) in [5, 5.41) is 20.8. The summed E-state index contributed by atoms with van der Waals surface area (Å²) in [6.07, 6.45) is 2.61. The van der Waals surface area contributed by atoms with Crippen LogP contribution in [0.3, 0.4) is 0 Å². The van der Waals surface area contributed by atoms with Gasteiger partial charge in [0.25, 0.3) is 0 Å². The predicted molar refractivity (Wildman–Crippen MR) is 61.4 cm³/mol. The van der Waals surface area contributed by atoms with Crippen LogP contribution in [0.25, 0.3) is 0 Å². The van der Waals surface area contributed by atoms with Gasteiger partial charge in [0.1, 0.15) is 5.41 Å². The van der Waals surface area contributed by atoms with Crippen LogP contribution in [0.15, 0.2) is 5.16 Å². The molecule has 1 amide bonds. The molecule has 2 aliphatic carbocycles. The number of amides is 1. The molecule has 4 N–H and O–H groups in total. The Morgan fingerprint density at radius 2 is 2.12 bits per heavy atom. The normalized spacial score (nSPS) is 30.6. The molecule has 0 atom stereocenters. The number of hydrogen-bond acceptors (Lipinski definition) is 4. The van der Waals surface area contributed by atoms with Gasteiger partial charge in [-0.1, -0.05) is 5.16 Å². The number of nitrogens with two attached hydrogens (primary N) is 1. The molecule has 2 saturated carbocycles. The van der Waals surface area contributed by atoms with Crippen molar-refractivity contribution in [2.75, 3.05) is 13.6 Å². The van der Waals surface area contributed by atoms with Gasteiger partial charge in [0.15, 0.2) is 5.84 Å². The van der Waals surface area contributed by atoms with E-state index in [-0.39, 0.29) is 17.8 Å². The minimum atomic E-state index is -0.758. The van der Waals surface area contributed by atoms with Crippen molar-refractivity contribution in [2.45, 2.75) is 31.8 Å². The van der Waals surface area contributed by atoms with Crippen molar-refractivity contribution in [2.24, 2.45) is 22.2 Å². The maximum atomic E-state index is 12.2. The highest BCUT2D eigenvalue weighted by atomic mass is 16.4. The second kappa shape index (κ2) is 4.18. The van der Waals surface area contributed by atoms with Crippen molar-refractivity contribution in [1.82, 2.24) is 4.90 Å². The highest BCUT2D eigenvalue weighted by molar-refractivity contribution is 6.09. The summed E-state index contributed by atoms with van der Waals surface area (Å²) in [7, 11) is 1.73. The van der Waals surface area contributed by atoms with E-state index in [9.17, 15) is 9.90 Å². The molecular formula is C11H19N3O3. The molecule has 2 fully saturated rings. The third-order valence-electron chi connectivity index (χ3n) is 3.85. The van der Waals surface area contributed by atoms with E-state index >= 15 is 0 Å². The third kappa shape index (κ3) is 2.09. The van der Waals surface area contributed by atoms with E-state index in [0.717, 1.165) is 12.8 Å². The summed E-state index contributed by atoms with van der Waals surface area (Å²) in [6.45, 7) is 0.635. The van der Waals surface area contributed by atoms with E-state index < -0.39 is 5.41 Å². The van der Waals surface area contributed by atoms with Crippen LogP contribution in [0.2, 0.25) is 0 Å². The first kappa shape index (κ1) is 12.2. The van der Waals surface area contributed by atoms with Crippen LogP contribution in [0.5, 0.6) is 0 Å². The fourth-order valence-corrected chi connectivity index (χ4v) is 2.49. The second-order valence-corrected chi connectivity index (χ2v) is 5.24. The second-order valence-electron chi connectivity index (χ2n) is 5.24. The Labute approximate surface area is 100 Å². The lowest BCUT2D eigenvalue weighted by molar-refractivity contribution is -0.134. The Morgan fingerprint density at radius 3 is 2.53 bits per heavy atom. The molecule has 6 heteroatoms. The van der Waals surface area contributed by atoms with E-state index in [2.05, 4.69) is 5.16 Å². The van der Waals surface area contributed by atoms with Gasteiger partial charge in [-0.25, -0.2) is 0 Å². The van der Waals surface area contributed by atoms with Crippen LogP contribution in [-0.4, -0.2) is 46.7 Å². The monoisotopic (exact) mass is 241 g/mol. The maximum Gasteiger partial charge on any atom is 0.236 e. The van der Waals surface area contributed by atoms with Crippen molar-refractivity contribution >= 4 is 11.7 Å². The Morgan fingerprint density at radius 1 is 1.53 bits per heavy atom. The standard InChI is InChI=1S/C11H19N3O3/c1-14(6-7-4-8(15)5-7)10(16)11(2-3-11)9(12)13-17/h7-8,15,17H,2-6H2,1H3,(H2,12,13). The first-order chi connectivity index (χ1) is 7.99. The lowest BCUT2D eigenvalue weighted by Gasteiger charge is -2.35. The van der Waals surface area contributed by atoms with Gasteiger partial charge >= 0.3 is 0 Å². The topological polar surface area (TPSA) is 99.2 Å². The van der Waals surface area contributed by atoms with Gasteiger partial charge < -0.3 is 20.9 Å². The first-order valence-electron chi connectivity index (χ1n) is 5.91. The van der Waals surface area contributed by atoms with Crippen LogP contribution < -0.4 is 5.73 Å². The molecule has 96 valence electrons. The highest BCUT2D eigenvalue weighted by Crippen LogP contribution is 2.47. The van der Waals surface area contributed by atoms with E-state index in [0.29, 0.717) is 25.3 Å². The van der Waals surface area contributed by atoms with E-state index in [4.69, 9.17) is 10.9 Å². The van der Waals surface area contributed by atoms with Crippen molar-refractivity contribution in [3.63, 3.8) is 0 Å². The fourth-order valence-electron chi connectivity index (χ4n) is 2.49. The SMILES string of the molecule is CN(CC1CC(O)C1)C(=O)C1(C(N)=NO)CC1. The van der Waals surface area contributed by atoms with Crippen LogP contribution >= 0.6 is 0 Å². The van der Waals surface area contributed by atoms with E-state index in [1.165, 1.54) is 0 Å². The summed E-state index contributed by atoms with van der Waals surface area (Å²) >= 11 is 0. The molecular weight excluding hydrogens is 222 g/mol. The number of amidine groups is 1. The summed E-state index contributed by atoms with van der Waals surface area (Å²) < 4.78 is 0. The van der Waals surface area contributed by atoms with Gasteiger partial charge in [-0.15, -0.1) is 0 Å². The predicted octanol–water partition coefficient (Wildman–Crippen LogP) is -0.258. The summed E-state index contributed by atoms with van der Waals surface area (Å²) in [4.78, 5) is 13.8. The summed E-state index contributed by atoms with van der Waals surface area (Å²) in [5.41, 5.74) is 4.81. The van der Waals surface area contributed by atoms with Gasteiger partial charge in [0, 0.05) is 13.6 Å². The maximum absolute atomic E-state index is 12.2. The van der Waals surface area contributed by atoms with Crippen LogP contribution in [0.1, 0.15) is 25.7 Å². The summed E-state index contributed by atoms with van der Waals surface area (Å²) in [6, 6.07) is 0. The van der Waals surface area contributed by atoms with Gasteiger partial charge in [-0.3, -0.25) is 4.79 Å². The number of rotatable bonds is 4. The molecule has 2 aliphatic rings. The number of aliphatic hydroxyl groups is 1. The Balaban J connectivity index is 1.91. The molecule has 0 aromatic rings. The molecule has 17 heavy (non-hydrogen) atoms. The molecule has 0 bridgehead atoms. The van der Waals surface area contributed by atoms with E-state index in [1.807, 2.05) is 0 Å². The minimum Gasteiger partial charge on any atom is -0.409 e. The van der Waals surface area contributed by atoms with Crippen LogP contribution in [-0.2, 0) is 4.79 Å². The smallest absolute Gasteiger partial charge is 0.236 e. The Hall–Kier alpha value is -1.30. The van der Waals surface area contributed by atoms with Crippen molar-refractivity contribution in [3.8, 4) is 0 Å². The zero-order valence-electron chi connectivity index (χ0n) is 9.96. The number of carbonyl (C=O) groups excluding carboxylic acids is 1. The minimum absolute atomic E-state index is 0.0167. The third-order valence-corrected chi connectivity index (χ3v) is 3.85. The largest absolute Gasteiger partial charge is 0.409 e. The lowest BCUT2D eigenvalue weighted by atomic mass is 9.82. The van der Waals surface area contributed by atoms with Crippen molar-refractivity contribution in [1.29, 1.82) is 0 Å². The number of hydrogen-bond donors (Lipinski definition) is 3. The molecule has 0 aromatic carbocycles. The highest BCUT2D eigenvalue weighted by Gasteiger charge is 2.55. The Bertz CT molecular complexity index is 346. The van der Waals surface area contributed by atoms with Gasteiger partial charge in [-0.05, 0) is 31.6 Å². The van der Waals surface area contributed by atoms with Crippen LogP contribution in [0.4, 0.5) is 0 Å². The zero-order valence-corrected chi connectivity index (χ0v) is 9.96.